The molecule has 1 N–H and O–H groups in total. The number of aryl methyl sites for hydroxylation is 1. The van der Waals surface area contributed by atoms with Crippen LogP contribution in [0.25, 0.3) is 0 Å². The van der Waals surface area contributed by atoms with Gasteiger partial charge in [-0.1, -0.05) is 18.2 Å². The van der Waals surface area contributed by atoms with Gasteiger partial charge in [0, 0.05) is 26.3 Å². The molecule has 0 aliphatic carbocycles. The standard InChI is InChI=1S/C19H28N2O2/c1-15-5-4-6-17(16(15)2)12-21(3)13-18(22)11-19(14-20)7-9-23-10-8-19/h4-6,18,22H,7-13H2,1-3H3. The second-order valence-electron chi connectivity index (χ2n) is 6.92. The largest absolute Gasteiger partial charge is 0.392 e. The molecular formula is C19H28N2O2. The fourth-order valence-corrected chi connectivity index (χ4v) is 3.34. The van der Waals surface area contributed by atoms with Gasteiger partial charge in [0.15, 0.2) is 0 Å². The summed E-state index contributed by atoms with van der Waals surface area (Å²) < 4.78 is 5.35. The average molecular weight is 316 g/mol. The summed E-state index contributed by atoms with van der Waals surface area (Å²) in [5.41, 5.74) is 3.48. The van der Waals surface area contributed by atoms with Crippen LogP contribution in [-0.2, 0) is 11.3 Å². The Bertz CT molecular complexity index is 559. The Morgan fingerprint density at radius 3 is 2.70 bits per heavy atom. The van der Waals surface area contributed by atoms with Crippen LogP contribution in [0.4, 0.5) is 0 Å². The monoisotopic (exact) mass is 316 g/mol. The molecule has 0 radical (unpaired) electrons. The second-order valence-corrected chi connectivity index (χ2v) is 6.92. The fraction of sp³-hybridized carbons (Fsp3) is 0.632. The van der Waals surface area contributed by atoms with Gasteiger partial charge in [0.1, 0.15) is 0 Å². The van der Waals surface area contributed by atoms with E-state index in [0.717, 1.165) is 19.4 Å². The van der Waals surface area contributed by atoms with Gasteiger partial charge in [-0.05, 0) is 56.8 Å². The lowest BCUT2D eigenvalue weighted by atomic mass is 9.77. The number of aliphatic hydroxyl groups excluding tert-OH is 1. The highest BCUT2D eigenvalue weighted by atomic mass is 16.5. The molecule has 126 valence electrons. The van der Waals surface area contributed by atoms with E-state index in [1.54, 1.807) is 0 Å². The van der Waals surface area contributed by atoms with Crippen LogP contribution in [0, 0.1) is 30.6 Å². The highest BCUT2D eigenvalue weighted by Crippen LogP contribution is 2.34. The zero-order valence-corrected chi connectivity index (χ0v) is 14.5. The average Bonchev–Trinajstić information content (AvgIpc) is 2.52. The molecule has 1 heterocycles. The molecule has 23 heavy (non-hydrogen) atoms. The first-order valence-electron chi connectivity index (χ1n) is 8.36. The first-order valence-corrected chi connectivity index (χ1v) is 8.36. The van der Waals surface area contributed by atoms with Crippen LogP contribution in [-0.4, -0.2) is 42.9 Å². The molecular weight excluding hydrogens is 288 g/mol. The summed E-state index contributed by atoms with van der Waals surface area (Å²) in [6.07, 6.45) is 1.50. The minimum atomic E-state index is -0.483. The number of hydrogen-bond donors (Lipinski definition) is 1. The molecule has 0 saturated carbocycles. The Kier molecular flexibility index (Phi) is 6.17. The number of likely N-dealkylation sites (N-methyl/N-ethyl adjacent to an activating group) is 1. The smallest absolute Gasteiger partial charge is 0.0692 e. The van der Waals surface area contributed by atoms with E-state index in [1.807, 2.05) is 7.05 Å². The van der Waals surface area contributed by atoms with E-state index in [2.05, 4.69) is 43.0 Å². The first-order chi connectivity index (χ1) is 11.0. The minimum absolute atomic E-state index is 0.419. The van der Waals surface area contributed by atoms with Crippen LogP contribution in [0.2, 0.25) is 0 Å². The Morgan fingerprint density at radius 2 is 2.04 bits per heavy atom. The second kappa shape index (κ2) is 7.92. The summed E-state index contributed by atoms with van der Waals surface area (Å²) in [6, 6.07) is 8.77. The van der Waals surface area contributed by atoms with Crippen molar-refractivity contribution in [3.05, 3.63) is 34.9 Å². The predicted octanol–water partition coefficient (Wildman–Crippen LogP) is 2.81. The molecule has 0 spiro atoms. The molecule has 1 unspecified atom stereocenters. The van der Waals surface area contributed by atoms with Gasteiger partial charge in [0.05, 0.1) is 17.6 Å². The van der Waals surface area contributed by atoms with Gasteiger partial charge in [-0.3, -0.25) is 4.90 Å². The van der Waals surface area contributed by atoms with Crippen molar-refractivity contribution >= 4 is 0 Å². The lowest BCUT2D eigenvalue weighted by Crippen LogP contribution is -2.36. The van der Waals surface area contributed by atoms with Crippen molar-refractivity contribution in [2.75, 3.05) is 26.8 Å². The molecule has 0 amide bonds. The highest BCUT2D eigenvalue weighted by Gasteiger charge is 2.35. The number of hydrogen-bond acceptors (Lipinski definition) is 4. The Morgan fingerprint density at radius 1 is 1.35 bits per heavy atom. The third-order valence-corrected chi connectivity index (χ3v) is 4.99. The van der Waals surface area contributed by atoms with Gasteiger partial charge in [0.25, 0.3) is 0 Å². The van der Waals surface area contributed by atoms with Crippen molar-refractivity contribution in [1.29, 1.82) is 5.26 Å². The van der Waals surface area contributed by atoms with Crippen LogP contribution in [0.3, 0.4) is 0 Å². The van der Waals surface area contributed by atoms with Crippen LogP contribution >= 0.6 is 0 Å². The Labute approximate surface area is 139 Å². The quantitative estimate of drug-likeness (QED) is 0.877. The van der Waals surface area contributed by atoms with Crippen LogP contribution < -0.4 is 0 Å². The molecule has 1 aliphatic rings. The molecule has 4 heteroatoms. The number of ether oxygens (including phenoxy) is 1. The van der Waals surface area contributed by atoms with E-state index in [0.29, 0.717) is 26.2 Å². The van der Waals surface area contributed by atoms with Gasteiger partial charge in [0.2, 0.25) is 0 Å². The minimum Gasteiger partial charge on any atom is -0.392 e. The van der Waals surface area contributed by atoms with Crippen molar-refractivity contribution in [3.8, 4) is 6.07 Å². The van der Waals surface area contributed by atoms with E-state index < -0.39 is 11.5 Å². The van der Waals surface area contributed by atoms with Gasteiger partial charge < -0.3 is 9.84 Å². The molecule has 0 aromatic heterocycles. The molecule has 4 nitrogen and oxygen atoms in total. The molecule has 2 rings (SSSR count). The lowest BCUT2D eigenvalue weighted by Gasteiger charge is -2.33. The van der Waals surface area contributed by atoms with Gasteiger partial charge >= 0.3 is 0 Å². The Hall–Kier alpha value is -1.41. The maximum atomic E-state index is 10.4. The number of rotatable bonds is 6. The molecule has 1 aromatic rings. The van der Waals surface area contributed by atoms with E-state index in [4.69, 9.17) is 4.74 Å². The number of benzene rings is 1. The zero-order chi connectivity index (χ0) is 16.9. The lowest BCUT2D eigenvalue weighted by molar-refractivity contribution is 0.00753. The zero-order valence-electron chi connectivity index (χ0n) is 14.5. The van der Waals surface area contributed by atoms with Gasteiger partial charge in [-0.25, -0.2) is 0 Å². The summed E-state index contributed by atoms with van der Waals surface area (Å²) in [7, 11) is 2.02. The van der Waals surface area contributed by atoms with Crippen molar-refractivity contribution in [2.45, 2.75) is 45.8 Å². The van der Waals surface area contributed by atoms with E-state index in [-0.39, 0.29) is 0 Å². The summed E-state index contributed by atoms with van der Waals surface area (Å²) in [5.74, 6) is 0. The topological polar surface area (TPSA) is 56.5 Å². The van der Waals surface area contributed by atoms with Crippen LogP contribution in [0.15, 0.2) is 18.2 Å². The fourth-order valence-electron chi connectivity index (χ4n) is 3.34. The number of aliphatic hydroxyl groups is 1. The van der Waals surface area contributed by atoms with E-state index in [9.17, 15) is 10.4 Å². The summed E-state index contributed by atoms with van der Waals surface area (Å²) >= 11 is 0. The summed E-state index contributed by atoms with van der Waals surface area (Å²) in [4.78, 5) is 2.14. The van der Waals surface area contributed by atoms with Crippen LogP contribution in [0.5, 0.6) is 0 Å². The third-order valence-electron chi connectivity index (χ3n) is 4.99. The summed E-state index contributed by atoms with van der Waals surface area (Å²) in [5, 5.41) is 19.9. The SMILES string of the molecule is Cc1cccc(CN(C)CC(O)CC2(C#N)CCOCC2)c1C. The number of nitrogens with zero attached hydrogens (tertiary/aromatic N) is 2. The van der Waals surface area contributed by atoms with Gasteiger partial charge in [-0.2, -0.15) is 5.26 Å². The maximum Gasteiger partial charge on any atom is 0.0692 e. The molecule has 1 saturated heterocycles. The van der Waals surface area contributed by atoms with Crippen molar-refractivity contribution in [1.82, 2.24) is 4.90 Å². The van der Waals surface area contributed by atoms with Crippen molar-refractivity contribution in [2.24, 2.45) is 5.41 Å². The molecule has 0 bridgehead atoms. The molecule has 1 aromatic carbocycles. The van der Waals surface area contributed by atoms with E-state index >= 15 is 0 Å². The summed E-state index contributed by atoms with van der Waals surface area (Å²) in [6.45, 7) is 6.90. The van der Waals surface area contributed by atoms with Crippen molar-refractivity contribution in [3.63, 3.8) is 0 Å². The molecule has 1 fully saturated rings. The first kappa shape index (κ1) is 17.9. The van der Waals surface area contributed by atoms with Crippen LogP contribution in [0.1, 0.15) is 36.0 Å². The molecule has 1 aliphatic heterocycles. The normalized spacial score (nSPS) is 18.6. The van der Waals surface area contributed by atoms with Gasteiger partial charge in [-0.15, -0.1) is 0 Å². The van der Waals surface area contributed by atoms with E-state index in [1.165, 1.54) is 16.7 Å². The third kappa shape index (κ3) is 4.78. The number of nitriles is 1. The predicted molar refractivity (Wildman–Crippen MR) is 91.0 cm³/mol. The highest BCUT2D eigenvalue weighted by molar-refractivity contribution is 5.32. The molecule has 1 atom stereocenters. The van der Waals surface area contributed by atoms with Crippen molar-refractivity contribution < 1.29 is 9.84 Å². The Balaban J connectivity index is 1.90. The maximum absolute atomic E-state index is 10.4.